The predicted octanol–water partition coefficient (Wildman–Crippen LogP) is 4.79. The van der Waals surface area contributed by atoms with Crippen LogP contribution in [0.4, 0.5) is 11.4 Å². The summed E-state index contributed by atoms with van der Waals surface area (Å²) in [6, 6.07) is 14.7. The van der Waals surface area contributed by atoms with Gasteiger partial charge in [-0.15, -0.1) is 0 Å². The number of anilines is 2. The second kappa shape index (κ2) is 10.8. The third-order valence-corrected chi connectivity index (χ3v) is 5.68. The molecule has 31 heavy (non-hydrogen) atoms. The fourth-order valence-electron chi connectivity index (χ4n) is 3.48. The number of carbonyl (C=O) groups is 2. The van der Waals surface area contributed by atoms with Crippen molar-refractivity contribution in [2.24, 2.45) is 5.92 Å². The molecule has 6 heteroatoms. The minimum Gasteiger partial charge on any atom is -0.491 e. The van der Waals surface area contributed by atoms with Gasteiger partial charge in [-0.1, -0.05) is 19.9 Å². The first-order chi connectivity index (χ1) is 14.9. The number of benzene rings is 2. The zero-order chi connectivity index (χ0) is 22.2. The third kappa shape index (κ3) is 6.74. The summed E-state index contributed by atoms with van der Waals surface area (Å²) < 4.78 is 5.75. The molecule has 2 aromatic rings. The van der Waals surface area contributed by atoms with Gasteiger partial charge in [0.1, 0.15) is 5.75 Å². The van der Waals surface area contributed by atoms with E-state index < -0.39 is 0 Å². The summed E-state index contributed by atoms with van der Waals surface area (Å²) in [7, 11) is 0. The molecule has 1 aliphatic rings. The fourth-order valence-corrected chi connectivity index (χ4v) is 3.48. The summed E-state index contributed by atoms with van der Waals surface area (Å²) in [5.41, 5.74) is 2.12. The van der Waals surface area contributed by atoms with Crippen LogP contribution in [0.1, 0.15) is 50.4 Å². The van der Waals surface area contributed by atoms with Gasteiger partial charge in [0, 0.05) is 30.0 Å². The van der Waals surface area contributed by atoms with Crippen LogP contribution in [0.3, 0.4) is 0 Å². The van der Waals surface area contributed by atoms with E-state index in [9.17, 15) is 9.59 Å². The van der Waals surface area contributed by atoms with Crippen LogP contribution < -0.4 is 15.4 Å². The molecule has 1 aliphatic heterocycles. The van der Waals surface area contributed by atoms with E-state index in [1.54, 1.807) is 0 Å². The molecule has 2 aromatic carbocycles. The van der Waals surface area contributed by atoms with Crippen LogP contribution in [0.15, 0.2) is 48.5 Å². The highest BCUT2D eigenvalue weighted by molar-refractivity contribution is 5.96. The molecule has 0 bridgehead atoms. The van der Waals surface area contributed by atoms with Gasteiger partial charge in [-0.25, -0.2) is 0 Å². The summed E-state index contributed by atoms with van der Waals surface area (Å²) in [6.45, 7) is 8.06. The average Bonchev–Trinajstić information content (AvgIpc) is 2.79. The molecule has 6 nitrogen and oxygen atoms in total. The average molecular weight is 424 g/mol. The van der Waals surface area contributed by atoms with Crippen molar-refractivity contribution >= 4 is 23.2 Å². The van der Waals surface area contributed by atoms with Gasteiger partial charge < -0.3 is 20.3 Å². The molecule has 3 rings (SSSR count). The highest BCUT2D eigenvalue weighted by Crippen LogP contribution is 2.20. The van der Waals surface area contributed by atoms with Crippen LogP contribution in [0.5, 0.6) is 5.75 Å². The highest BCUT2D eigenvalue weighted by Gasteiger charge is 2.21. The smallest absolute Gasteiger partial charge is 0.253 e. The maximum Gasteiger partial charge on any atom is 0.253 e. The molecule has 0 aromatic heterocycles. The van der Waals surface area contributed by atoms with Crippen molar-refractivity contribution in [1.29, 1.82) is 0 Å². The van der Waals surface area contributed by atoms with E-state index in [2.05, 4.69) is 24.5 Å². The second-order valence-corrected chi connectivity index (χ2v) is 8.32. The Morgan fingerprint density at radius 3 is 2.48 bits per heavy atom. The van der Waals surface area contributed by atoms with E-state index in [1.165, 1.54) is 0 Å². The van der Waals surface area contributed by atoms with Crippen LogP contribution in [0, 0.1) is 5.92 Å². The van der Waals surface area contributed by atoms with Gasteiger partial charge in [0.05, 0.1) is 12.6 Å². The number of nitrogens with one attached hydrogen (secondary N) is 2. The molecular weight excluding hydrogens is 390 g/mol. The van der Waals surface area contributed by atoms with Gasteiger partial charge in [-0.3, -0.25) is 9.59 Å². The number of carbonyl (C=O) groups excluding carboxylic acids is 2. The largest absolute Gasteiger partial charge is 0.491 e. The molecule has 2 amide bonds. The molecule has 1 unspecified atom stereocenters. The Bertz CT molecular complexity index is 874. The highest BCUT2D eigenvalue weighted by atomic mass is 16.5. The van der Waals surface area contributed by atoms with Gasteiger partial charge in [-0.2, -0.15) is 0 Å². The van der Waals surface area contributed by atoms with Crippen LogP contribution in [0.25, 0.3) is 0 Å². The number of ether oxygens (including phenoxy) is 1. The van der Waals surface area contributed by atoms with Crippen molar-refractivity contribution in [3.05, 3.63) is 54.1 Å². The lowest BCUT2D eigenvalue weighted by Gasteiger charge is -2.30. The normalized spacial score (nSPS) is 15.3. The summed E-state index contributed by atoms with van der Waals surface area (Å²) >= 11 is 0. The Balaban J connectivity index is 1.50. The van der Waals surface area contributed by atoms with Crippen LogP contribution in [0.2, 0.25) is 0 Å². The van der Waals surface area contributed by atoms with Crippen molar-refractivity contribution in [3.8, 4) is 5.75 Å². The maximum absolute atomic E-state index is 12.8. The Morgan fingerprint density at radius 1 is 1.10 bits per heavy atom. The molecule has 166 valence electrons. The first-order valence-corrected chi connectivity index (χ1v) is 11.1. The molecule has 0 spiro atoms. The fraction of sp³-hybridized carbons (Fsp3) is 0.440. The van der Waals surface area contributed by atoms with Crippen molar-refractivity contribution in [3.63, 3.8) is 0 Å². The molecule has 1 atom stereocenters. The van der Waals surface area contributed by atoms with Crippen molar-refractivity contribution < 1.29 is 14.3 Å². The summed E-state index contributed by atoms with van der Waals surface area (Å²) in [5.74, 6) is 1.37. The van der Waals surface area contributed by atoms with Gasteiger partial charge in [0.25, 0.3) is 5.91 Å². The number of likely N-dealkylation sites (tertiary alicyclic amines) is 1. The number of nitrogens with zero attached hydrogens (tertiary/aromatic N) is 1. The SMILES string of the molecule is CCC(C)Oc1ccc(NC(=O)CNc2cccc(C(=O)N3CCC(C)CC3)c2)cc1. The van der Waals surface area contributed by atoms with Gasteiger partial charge in [-0.05, 0) is 74.6 Å². The minimum absolute atomic E-state index is 0.0553. The zero-order valence-corrected chi connectivity index (χ0v) is 18.7. The number of amides is 2. The Hall–Kier alpha value is -3.02. The summed E-state index contributed by atoms with van der Waals surface area (Å²) in [4.78, 5) is 27.0. The van der Waals surface area contributed by atoms with E-state index in [-0.39, 0.29) is 24.5 Å². The Kier molecular flexibility index (Phi) is 7.93. The van der Waals surface area contributed by atoms with Crippen molar-refractivity contribution in [2.75, 3.05) is 30.3 Å². The Morgan fingerprint density at radius 2 is 1.81 bits per heavy atom. The quantitative estimate of drug-likeness (QED) is 0.641. The molecule has 0 aliphatic carbocycles. The topological polar surface area (TPSA) is 70.7 Å². The Labute approximate surface area is 185 Å². The van der Waals surface area contributed by atoms with Crippen molar-refractivity contribution in [1.82, 2.24) is 4.90 Å². The molecule has 1 saturated heterocycles. The van der Waals surface area contributed by atoms with Crippen LogP contribution in [-0.2, 0) is 4.79 Å². The van der Waals surface area contributed by atoms with Crippen LogP contribution >= 0.6 is 0 Å². The number of hydrogen-bond acceptors (Lipinski definition) is 4. The van der Waals surface area contributed by atoms with E-state index in [1.807, 2.05) is 60.4 Å². The van der Waals surface area contributed by atoms with E-state index in [4.69, 9.17) is 4.74 Å². The number of rotatable bonds is 8. The second-order valence-electron chi connectivity index (χ2n) is 8.32. The lowest BCUT2D eigenvalue weighted by Crippen LogP contribution is -2.37. The molecule has 0 saturated carbocycles. The predicted molar refractivity (Wildman–Crippen MR) is 125 cm³/mol. The maximum atomic E-state index is 12.8. The summed E-state index contributed by atoms with van der Waals surface area (Å²) in [5, 5.41) is 5.98. The van der Waals surface area contributed by atoms with E-state index in [0.717, 1.165) is 43.8 Å². The molecule has 2 N–H and O–H groups in total. The van der Waals surface area contributed by atoms with E-state index in [0.29, 0.717) is 17.2 Å². The zero-order valence-electron chi connectivity index (χ0n) is 18.7. The molecule has 1 fully saturated rings. The van der Waals surface area contributed by atoms with Gasteiger partial charge in [0.15, 0.2) is 0 Å². The van der Waals surface area contributed by atoms with Gasteiger partial charge >= 0.3 is 0 Å². The lowest BCUT2D eigenvalue weighted by molar-refractivity contribution is -0.114. The molecule has 0 radical (unpaired) electrons. The summed E-state index contributed by atoms with van der Waals surface area (Å²) in [6.07, 6.45) is 3.20. The first-order valence-electron chi connectivity index (χ1n) is 11.1. The first kappa shape index (κ1) is 22.7. The van der Waals surface area contributed by atoms with Crippen LogP contribution in [-0.4, -0.2) is 42.5 Å². The number of piperidine rings is 1. The van der Waals surface area contributed by atoms with Gasteiger partial charge in [0.2, 0.25) is 5.91 Å². The van der Waals surface area contributed by atoms with Crippen molar-refractivity contribution in [2.45, 2.75) is 46.1 Å². The monoisotopic (exact) mass is 423 g/mol. The molecular formula is C25H33N3O3. The number of hydrogen-bond donors (Lipinski definition) is 2. The standard InChI is InChI=1S/C25H33N3O3/c1-4-19(3)31-23-10-8-21(9-11-23)27-24(29)17-26-22-7-5-6-20(16-22)25(30)28-14-12-18(2)13-15-28/h5-11,16,18-19,26H,4,12-15,17H2,1-3H3,(H,27,29). The molecule has 1 heterocycles. The minimum atomic E-state index is -0.155. The lowest BCUT2D eigenvalue weighted by atomic mass is 9.98. The van der Waals surface area contributed by atoms with E-state index >= 15 is 0 Å². The third-order valence-electron chi connectivity index (χ3n) is 5.68.